The Hall–Kier alpha value is -9.85. The zero-order valence-corrected chi connectivity index (χ0v) is 56.8. The van der Waals surface area contributed by atoms with Gasteiger partial charge in [-0.1, -0.05) is 85.7 Å². The van der Waals surface area contributed by atoms with E-state index in [1.54, 1.807) is 55.4 Å². The number of carbonyl (C=O) groups excluding carboxylic acids is 5. The maximum absolute atomic E-state index is 15.4. The van der Waals surface area contributed by atoms with Gasteiger partial charge in [-0.2, -0.15) is 0 Å². The number of aliphatic hydroxyl groups is 4. The Kier molecular flexibility index (Phi) is 25.4. The van der Waals surface area contributed by atoms with Crippen LogP contribution in [0.4, 0.5) is 17.6 Å². The topological polar surface area (TPSA) is 524 Å². The fourth-order valence-electron chi connectivity index (χ4n) is 9.09. The summed E-state index contributed by atoms with van der Waals surface area (Å²) in [6.45, 7) is 8.13. The van der Waals surface area contributed by atoms with Crippen molar-refractivity contribution in [1.82, 2.24) is 38.9 Å². The van der Waals surface area contributed by atoms with Gasteiger partial charge in [0.1, 0.15) is 76.7 Å². The summed E-state index contributed by atoms with van der Waals surface area (Å²) in [6, 6.07) is -4.35. The van der Waals surface area contributed by atoms with Gasteiger partial charge in [-0.15, -0.1) is 25.7 Å². The smallest absolute Gasteiger partial charge is 0.330 e. The highest BCUT2D eigenvalue weighted by Crippen LogP contribution is 2.41. The van der Waals surface area contributed by atoms with Gasteiger partial charge < -0.3 is 91.5 Å². The number of nitrogens with one attached hydrogen (secondary N) is 4. The molecule has 5 aliphatic heterocycles. The molecule has 8 rings (SSSR count). The number of nitrogens with two attached hydrogens (primary N) is 4. The zero-order chi connectivity index (χ0) is 84.0. The van der Waals surface area contributed by atoms with E-state index in [2.05, 4.69) is 33.2 Å². The average Bonchev–Trinajstić information content (AvgIpc) is 1.57. The molecule has 1 amide bonds. The van der Waals surface area contributed by atoms with Crippen LogP contribution >= 0.6 is 0 Å². The average molecular weight is 1480 g/mol. The zero-order valence-electron chi connectivity index (χ0n) is 62.8. The molecule has 8 heterocycles. The molecule has 0 aromatic carbocycles. The summed E-state index contributed by atoms with van der Waals surface area (Å²) in [5, 5.41) is 42.9. The molecule has 568 valence electrons. The van der Waals surface area contributed by atoms with E-state index in [0.717, 1.165) is 34.3 Å². The molecule has 3 aromatic heterocycles. The van der Waals surface area contributed by atoms with Gasteiger partial charge in [-0.05, 0) is 23.7 Å². The van der Waals surface area contributed by atoms with E-state index >= 15 is 8.78 Å². The van der Waals surface area contributed by atoms with Crippen LogP contribution in [0.1, 0.15) is 125 Å². The van der Waals surface area contributed by atoms with E-state index in [1.807, 2.05) is 26.8 Å². The number of carbonyl (C=O) groups is 5. The van der Waals surface area contributed by atoms with Crippen LogP contribution in [0.25, 0.3) is 0 Å². The van der Waals surface area contributed by atoms with Gasteiger partial charge in [0, 0.05) is 50.5 Å². The van der Waals surface area contributed by atoms with Gasteiger partial charge in [0.15, 0.2) is 51.2 Å². The molecule has 0 saturated carbocycles. The van der Waals surface area contributed by atoms with Gasteiger partial charge in [0.2, 0.25) is 23.4 Å². The van der Waals surface area contributed by atoms with Crippen LogP contribution in [-0.4, -0.2) is 188 Å². The normalized spacial score (nSPS) is 29.9. The van der Waals surface area contributed by atoms with Crippen LogP contribution in [-0.2, 0) is 61.9 Å². The maximum atomic E-state index is 15.4. The highest BCUT2D eigenvalue weighted by molar-refractivity contribution is 5.99. The summed E-state index contributed by atoms with van der Waals surface area (Å²) in [5.74, 6) is -10.2. The van der Waals surface area contributed by atoms with Crippen LogP contribution in [0, 0.1) is 73.0 Å². The van der Waals surface area contributed by atoms with Crippen molar-refractivity contribution >= 4 is 29.8 Å². The number of aromatic nitrogens is 6. The van der Waals surface area contributed by atoms with E-state index in [9.17, 15) is 81.9 Å². The lowest BCUT2D eigenvalue weighted by atomic mass is 10.1. The molecule has 4 fully saturated rings. The second kappa shape index (κ2) is 35.1. The van der Waals surface area contributed by atoms with E-state index in [1.165, 1.54) is 0 Å². The number of hydrogen-bond acceptors (Lipinski definition) is 28. The molecule has 35 nitrogen and oxygen atoms in total. The van der Waals surface area contributed by atoms with Gasteiger partial charge >= 0.3 is 40.9 Å². The fraction of sp³-hybridized carbons (Fsp3) is 0.554. The lowest BCUT2D eigenvalue weighted by molar-refractivity contribution is -0.200. The number of nitrogens with zero attached hydrogens (tertiary/aromatic N) is 4. The van der Waals surface area contributed by atoms with Crippen LogP contribution in [0.5, 0.6) is 0 Å². The quantitative estimate of drug-likeness (QED) is 0.0228. The first-order chi connectivity index (χ1) is 50.5. The van der Waals surface area contributed by atoms with Crippen molar-refractivity contribution in [1.29, 1.82) is 0 Å². The van der Waals surface area contributed by atoms with E-state index in [4.69, 9.17) is 85.3 Å². The van der Waals surface area contributed by atoms with E-state index < -0.39 is 224 Å². The van der Waals surface area contributed by atoms with Crippen molar-refractivity contribution in [2.75, 3.05) is 26.3 Å². The molecular weight excluding hydrogens is 1390 g/mol. The predicted molar refractivity (Wildman–Crippen MR) is 352 cm³/mol. The second-order valence-electron chi connectivity index (χ2n) is 24.9. The first kappa shape index (κ1) is 75.3. The molecule has 3 aromatic rings. The Morgan fingerprint density at radius 1 is 0.538 bits per heavy atom. The largest absolute Gasteiger partial charge is 0.458 e. The number of terminal acetylenes is 4. The van der Waals surface area contributed by atoms with Crippen molar-refractivity contribution in [3.05, 3.63) is 122 Å². The minimum Gasteiger partial charge on any atom is -0.458 e. The van der Waals surface area contributed by atoms with Gasteiger partial charge in [0.25, 0.3) is 22.6 Å². The van der Waals surface area contributed by atoms with E-state index in [-0.39, 0.29) is 39.9 Å². The minimum atomic E-state index is -3.41. The van der Waals surface area contributed by atoms with Crippen molar-refractivity contribution in [3.8, 4) is 49.4 Å². The standard InChI is InChI=1S/C17H22FN3O5.3C16H20FN3O6/c1-5-11-7-21(10(4)20-14(11)23)15-12(22)6-17(18,26-15)8-25-16(24)13(19)9(2)3;3*1-4-9-6-20(15(24)19-12(9)22)13-10(21)5-16(17,26-13)7-25-14(23)11(18)8(2)3/h1,7,9,12-13,15,22H,4,6,8,19H2,2-3H3,(H,20,23);3*1,6,8,10-11,13,21H,5,7,18H2,2-3H3,(H,19,22,24)/t12-,13+,15-,17+;3*10-,11+,13-,16+/m1111/s1/i8D2,15D;13D;7D2;. The molecule has 0 spiro atoms. The minimum absolute atomic E-state index is 0.189. The first-order valence-corrected chi connectivity index (χ1v) is 31.0. The lowest BCUT2D eigenvalue weighted by Crippen LogP contribution is -2.47. The Balaban J connectivity index is 0.000000263. The molecule has 0 aliphatic carbocycles. The number of esters is 4. The molecular formula is C65H82F4N12O23. The number of rotatable bonds is 20. The first-order valence-electron chi connectivity index (χ1n) is 34.0. The SMILES string of the molecule is C#Cc1cn([C@@H]2O[C@](F)(COC(=O)[C@@H](N)C(C)C)C[C@H]2O)c(=O)[nH]c1=O.[2H]C([2H])(OC(=O)[C@@H](N)C(C)C)[C@]1(F)C[C@@H](O)[C@H](n2cc(C#C)c(=O)[nH]c2=O)O1.[2H]C([2H])(OC(=O)[C@@H](N)C(C)C)[C@]1(F)C[C@@H](O)[C@]([2H])(N2C=C(C#C)C(=O)NC2=C)O1.[2H][C@@]1(n2cc(C#C)c(=O)[nH]c2=O)O[C@](F)(COC(=O)[C@@H](N)C(C)C)C[C@H]1O. The number of aliphatic hydroxyl groups excluding tert-OH is 4. The molecule has 104 heavy (non-hydrogen) atoms. The third kappa shape index (κ3) is 21.2. The van der Waals surface area contributed by atoms with Crippen molar-refractivity contribution < 1.29 is 108 Å². The Labute approximate surface area is 597 Å². The molecule has 0 unspecified atom stereocenters. The number of alkyl halides is 4. The second-order valence-corrected chi connectivity index (χ2v) is 24.9. The number of amides is 1. The maximum Gasteiger partial charge on any atom is 0.330 e. The van der Waals surface area contributed by atoms with Crippen LogP contribution in [0.15, 0.2) is 71.5 Å². The lowest BCUT2D eigenvalue weighted by Gasteiger charge is -2.33. The summed E-state index contributed by atoms with van der Waals surface area (Å²) in [4.78, 5) is 136. The Bertz CT molecular complexity index is 4610. The molecule has 0 bridgehead atoms. The van der Waals surface area contributed by atoms with Crippen molar-refractivity contribution in [3.63, 3.8) is 0 Å². The van der Waals surface area contributed by atoms with E-state index in [0.29, 0.717) is 9.13 Å². The van der Waals surface area contributed by atoms with Crippen LogP contribution < -0.4 is 62.0 Å². The Morgan fingerprint density at radius 2 is 0.846 bits per heavy atom. The Morgan fingerprint density at radius 3 is 1.23 bits per heavy atom. The monoisotopic (exact) mass is 1480 g/mol. The van der Waals surface area contributed by atoms with Crippen molar-refractivity contribution in [2.45, 2.75) is 178 Å². The molecule has 39 heteroatoms. The van der Waals surface area contributed by atoms with Crippen molar-refractivity contribution in [2.24, 2.45) is 46.6 Å². The molecule has 0 radical (unpaired) electrons. The molecule has 4 saturated heterocycles. The summed E-state index contributed by atoms with van der Waals surface area (Å²) in [5.41, 5.74) is 15.7. The number of aromatic amines is 3. The molecule has 5 aliphatic rings. The highest BCUT2D eigenvalue weighted by atomic mass is 19.2. The number of H-pyrrole nitrogens is 3. The van der Waals surface area contributed by atoms with Crippen LogP contribution in [0.2, 0.25) is 0 Å². The number of halogens is 4. The third-order valence-corrected chi connectivity index (χ3v) is 15.4. The third-order valence-electron chi connectivity index (χ3n) is 15.4. The summed E-state index contributed by atoms with van der Waals surface area (Å²) >= 11 is 0. The molecule has 16 atom stereocenters. The number of hydrogen-bond donors (Lipinski definition) is 12. The summed E-state index contributed by atoms with van der Waals surface area (Å²) < 4.78 is 149. The predicted octanol–water partition coefficient (Wildman–Crippen LogP) is -3.32. The van der Waals surface area contributed by atoms with Crippen LogP contribution in [0.3, 0.4) is 0 Å². The number of ether oxygens (including phenoxy) is 8. The van der Waals surface area contributed by atoms with Gasteiger partial charge in [0.05, 0.1) is 8.22 Å². The highest BCUT2D eigenvalue weighted by Gasteiger charge is 2.53. The summed E-state index contributed by atoms with van der Waals surface area (Å²) in [7, 11) is 0. The van der Waals surface area contributed by atoms with Gasteiger partial charge in [-0.3, -0.25) is 67.0 Å². The van der Waals surface area contributed by atoms with Gasteiger partial charge in [-0.25, -0.2) is 31.9 Å². The molecule has 16 N–H and O–H groups in total. The fourth-order valence-corrected chi connectivity index (χ4v) is 9.09. The summed E-state index contributed by atoms with van der Waals surface area (Å²) in [6.07, 6.45) is 5.51.